The van der Waals surface area contributed by atoms with Crippen LogP contribution in [0.4, 0.5) is 13.2 Å². The van der Waals surface area contributed by atoms with E-state index in [2.05, 4.69) is 10.2 Å². The predicted molar refractivity (Wildman–Crippen MR) is 76.8 cm³/mol. The second-order valence-electron chi connectivity index (χ2n) is 5.82. The van der Waals surface area contributed by atoms with Gasteiger partial charge in [0.25, 0.3) is 0 Å². The number of aliphatic hydroxyl groups excluding tert-OH is 1. The third kappa shape index (κ3) is 3.76. The summed E-state index contributed by atoms with van der Waals surface area (Å²) in [5, 5.41) is 16.3. The number of piperidine rings is 1. The van der Waals surface area contributed by atoms with Crippen molar-refractivity contribution < 1.29 is 22.7 Å². The summed E-state index contributed by atoms with van der Waals surface area (Å²) in [4.78, 5) is 1.65. The molecule has 8 heteroatoms. The van der Waals surface area contributed by atoms with E-state index in [9.17, 15) is 13.2 Å². The summed E-state index contributed by atoms with van der Waals surface area (Å²) >= 11 is 0. The summed E-state index contributed by atoms with van der Waals surface area (Å²) in [5.41, 5.74) is 1.69. The summed E-state index contributed by atoms with van der Waals surface area (Å²) < 4.78 is 42.4. The molecule has 0 aromatic carbocycles. The minimum atomic E-state index is -4.56. The van der Waals surface area contributed by atoms with E-state index in [1.165, 1.54) is 0 Å². The molecule has 1 fully saturated rings. The highest BCUT2D eigenvalue weighted by Crippen LogP contribution is 2.30. The first-order chi connectivity index (χ1) is 10.9. The summed E-state index contributed by atoms with van der Waals surface area (Å²) in [5.74, 6) is 0.906. The fourth-order valence-electron chi connectivity index (χ4n) is 2.87. The van der Waals surface area contributed by atoms with E-state index in [0.29, 0.717) is 18.8 Å². The SMILES string of the molecule is O[C@@H](CN1CCC(c2cc(-c3ccco3)n[nH]2)CC1)C(F)(F)F. The topological polar surface area (TPSA) is 65.3 Å². The highest BCUT2D eigenvalue weighted by molar-refractivity contribution is 5.52. The smallest absolute Gasteiger partial charge is 0.415 e. The van der Waals surface area contributed by atoms with Gasteiger partial charge in [0.2, 0.25) is 0 Å². The highest BCUT2D eigenvalue weighted by atomic mass is 19.4. The monoisotopic (exact) mass is 329 g/mol. The van der Waals surface area contributed by atoms with Crippen LogP contribution in [0.25, 0.3) is 11.5 Å². The molecule has 2 aromatic rings. The highest BCUT2D eigenvalue weighted by Gasteiger charge is 2.39. The maximum absolute atomic E-state index is 12.4. The Bertz CT molecular complexity index is 616. The van der Waals surface area contributed by atoms with Crippen LogP contribution in [0, 0.1) is 0 Å². The first kappa shape index (κ1) is 16.1. The van der Waals surface area contributed by atoms with Crippen molar-refractivity contribution >= 4 is 0 Å². The van der Waals surface area contributed by atoms with Crippen molar-refractivity contribution in [2.75, 3.05) is 19.6 Å². The van der Waals surface area contributed by atoms with Gasteiger partial charge in [0.15, 0.2) is 11.9 Å². The molecule has 0 aliphatic carbocycles. The number of likely N-dealkylation sites (tertiary alicyclic amines) is 1. The average molecular weight is 329 g/mol. The number of alkyl halides is 3. The van der Waals surface area contributed by atoms with Crippen molar-refractivity contribution in [3.63, 3.8) is 0 Å². The van der Waals surface area contributed by atoms with Gasteiger partial charge in [-0.3, -0.25) is 5.10 Å². The molecule has 0 amide bonds. The lowest BCUT2D eigenvalue weighted by Gasteiger charge is -2.33. The van der Waals surface area contributed by atoms with Gasteiger partial charge in [-0.2, -0.15) is 18.3 Å². The fraction of sp³-hybridized carbons (Fsp3) is 0.533. The Labute approximate surface area is 131 Å². The second-order valence-corrected chi connectivity index (χ2v) is 5.82. The molecule has 0 unspecified atom stereocenters. The van der Waals surface area contributed by atoms with Crippen molar-refractivity contribution in [1.29, 1.82) is 0 Å². The van der Waals surface area contributed by atoms with Crippen molar-refractivity contribution in [2.45, 2.75) is 31.0 Å². The number of hydrogen-bond donors (Lipinski definition) is 2. The Morgan fingerprint density at radius 1 is 1.39 bits per heavy atom. The minimum Gasteiger partial charge on any atom is -0.463 e. The van der Waals surface area contributed by atoms with Crippen LogP contribution in [0.3, 0.4) is 0 Å². The van der Waals surface area contributed by atoms with Crippen LogP contribution in [-0.4, -0.2) is 52.1 Å². The normalized spacial score (nSPS) is 19.1. The van der Waals surface area contributed by atoms with Crippen LogP contribution < -0.4 is 0 Å². The summed E-state index contributed by atoms with van der Waals surface area (Å²) in [6, 6.07) is 5.53. The Hall–Kier alpha value is -1.80. The summed E-state index contributed by atoms with van der Waals surface area (Å²) in [6.07, 6.45) is -3.81. The van der Waals surface area contributed by atoms with Crippen molar-refractivity contribution in [3.8, 4) is 11.5 Å². The quantitative estimate of drug-likeness (QED) is 0.905. The lowest BCUT2D eigenvalue weighted by atomic mass is 9.93. The van der Waals surface area contributed by atoms with Gasteiger partial charge in [0.1, 0.15) is 5.69 Å². The van der Waals surface area contributed by atoms with E-state index in [0.717, 1.165) is 24.2 Å². The molecule has 0 saturated carbocycles. The molecule has 2 aromatic heterocycles. The first-order valence-electron chi connectivity index (χ1n) is 7.50. The van der Waals surface area contributed by atoms with Gasteiger partial charge in [-0.05, 0) is 44.1 Å². The molecule has 5 nitrogen and oxygen atoms in total. The molecule has 23 heavy (non-hydrogen) atoms. The van der Waals surface area contributed by atoms with E-state index in [1.807, 2.05) is 12.1 Å². The van der Waals surface area contributed by atoms with Gasteiger partial charge < -0.3 is 14.4 Å². The summed E-state index contributed by atoms with van der Waals surface area (Å²) in [7, 11) is 0. The third-order valence-electron chi connectivity index (χ3n) is 4.21. The van der Waals surface area contributed by atoms with Crippen LogP contribution in [0.15, 0.2) is 28.9 Å². The largest absolute Gasteiger partial charge is 0.463 e. The van der Waals surface area contributed by atoms with E-state index in [4.69, 9.17) is 9.52 Å². The van der Waals surface area contributed by atoms with Gasteiger partial charge in [-0.1, -0.05) is 0 Å². The fourth-order valence-corrected chi connectivity index (χ4v) is 2.87. The number of nitrogens with one attached hydrogen (secondary N) is 1. The van der Waals surface area contributed by atoms with Gasteiger partial charge >= 0.3 is 6.18 Å². The van der Waals surface area contributed by atoms with E-state index < -0.39 is 12.3 Å². The number of aromatic amines is 1. The van der Waals surface area contributed by atoms with Crippen molar-refractivity contribution in [2.24, 2.45) is 0 Å². The number of β-amino-alcohol motifs (C(OH)–C–C–N with tert-alkyl or cyclic N) is 1. The molecule has 0 radical (unpaired) electrons. The lowest BCUT2D eigenvalue weighted by Crippen LogP contribution is -2.44. The van der Waals surface area contributed by atoms with Crippen LogP contribution in [-0.2, 0) is 0 Å². The Kier molecular flexibility index (Phi) is 4.45. The zero-order valence-electron chi connectivity index (χ0n) is 12.4. The number of aliphatic hydroxyl groups is 1. The Balaban J connectivity index is 1.55. The molecule has 1 saturated heterocycles. The van der Waals surface area contributed by atoms with Gasteiger partial charge in [0, 0.05) is 18.2 Å². The molecule has 3 rings (SSSR count). The zero-order valence-corrected chi connectivity index (χ0v) is 12.4. The van der Waals surface area contributed by atoms with Gasteiger partial charge in [0.05, 0.1) is 6.26 Å². The van der Waals surface area contributed by atoms with Gasteiger partial charge in [-0.15, -0.1) is 0 Å². The van der Waals surface area contributed by atoms with Crippen LogP contribution in [0.1, 0.15) is 24.5 Å². The van der Waals surface area contributed by atoms with E-state index in [1.54, 1.807) is 17.2 Å². The summed E-state index contributed by atoms with van der Waals surface area (Å²) in [6.45, 7) is 0.677. The molecule has 3 heterocycles. The molecular weight excluding hydrogens is 311 g/mol. The third-order valence-corrected chi connectivity index (χ3v) is 4.21. The zero-order chi connectivity index (χ0) is 16.4. The average Bonchev–Trinajstić information content (AvgIpc) is 3.18. The minimum absolute atomic E-state index is 0.227. The molecule has 0 bridgehead atoms. The number of furan rings is 1. The van der Waals surface area contributed by atoms with Crippen LogP contribution >= 0.6 is 0 Å². The molecule has 1 aliphatic rings. The van der Waals surface area contributed by atoms with E-state index >= 15 is 0 Å². The van der Waals surface area contributed by atoms with Crippen molar-refractivity contribution in [3.05, 3.63) is 30.2 Å². The molecule has 2 N–H and O–H groups in total. The van der Waals surface area contributed by atoms with Crippen LogP contribution in [0.5, 0.6) is 0 Å². The number of hydrogen-bond acceptors (Lipinski definition) is 4. The lowest BCUT2D eigenvalue weighted by molar-refractivity contribution is -0.208. The second kappa shape index (κ2) is 6.37. The first-order valence-corrected chi connectivity index (χ1v) is 7.50. The number of halogens is 3. The Morgan fingerprint density at radius 2 is 2.13 bits per heavy atom. The maximum atomic E-state index is 12.4. The molecule has 0 spiro atoms. The molecule has 1 atom stereocenters. The molecule has 1 aliphatic heterocycles. The van der Waals surface area contributed by atoms with E-state index in [-0.39, 0.29) is 12.5 Å². The number of aromatic nitrogens is 2. The predicted octanol–water partition coefficient (Wildman–Crippen LogP) is 2.77. The number of rotatable bonds is 4. The maximum Gasteiger partial charge on any atom is 0.415 e. The van der Waals surface area contributed by atoms with Crippen LogP contribution in [0.2, 0.25) is 0 Å². The standard InChI is InChI=1S/C15H18F3N3O2/c16-15(17,18)14(22)9-21-5-3-10(4-6-21)11-8-12(20-19-11)13-2-1-7-23-13/h1-2,7-8,10,14,22H,3-6,9H2,(H,19,20)/t14-/m0/s1. The Morgan fingerprint density at radius 3 is 2.74 bits per heavy atom. The van der Waals surface area contributed by atoms with Gasteiger partial charge in [-0.25, -0.2) is 0 Å². The molecular formula is C15H18F3N3O2. The number of nitrogens with zero attached hydrogens (tertiary/aromatic N) is 2. The number of H-pyrrole nitrogens is 1. The van der Waals surface area contributed by atoms with Crippen molar-refractivity contribution in [1.82, 2.24) is 15.1 Å². The molecule has 126 valence electrons.